The number of carbonyl (C=O) groups excluding carboxylic acids is 1. The molecule has 1 amide bonds. The smallest absolute Gasteiger partial charge is 0.236 e. The van der Waals surface area contributed by atoms with Gasteiger partial charge in [0.15, 0.2) is 0 Å². The molecule has 0 spiro atoms. The lowest BCUT2D eigenvalue weighted by molar-refractivity contribution is -0.132. The number of nitrogens with zero attached hydrogens (tertiary/aromatic N) is 4. The summed E-state index contributed by atoms with van der Waals surface area (Å²) in [7, 11) is 0. The van der Waals surface area contributed by atoms with Crippen molar-refractivity contribution in [1.82, 2.24) is 9.80 Å². The predicted molar refractivity (Wildman–Crippen MR) is 79.9 cm³/mol. The second-order valence-corrected chi connectivity index (χ2v) is 5.49. The highest BCUT2D eigenvalue weighted by atomic mass is 16.2. The first-order chi connectivity index (χ1) is 10.2. The van der Waals surface area contributed by atoms with E-state index in [1.807, 2.05) is 0 Å². The van der Waals surface area contributed by atoms with Crippen LogP contribution in [0, 0.1) is 28.6 Å². The molecule has 0 aromatic heterocycles. The van der Waals surface area contributed by atoms with Gasteiger partial charge in [-0.25, -0.2) is 0 Å². The third kappa shape index (κ3) is 6.57. The Hall–Kier alpha value is -1.63. The molecule has 0 bridgehead atoms. The van der Waals surface area contributed by atoms with Gasteiger partial charge in [0.25, 0.3) is 0 Å². The Morgan fingerprint density at radius 1 is 1.19 bits per heavy atom. The summed E-state index contributed by atoms with van der Waals surface area (Å²) in [4.78, 5) is 16.1. The Morgan fingerprint density at radius 3 is 2.24 bits per heavy atom. The average molecular weight is 291 g/mol. The van der Waals surface area contributed by atoms with Gasteiger partial charge in [0, 0.05) is 13.1 Å². The summed E-state index contributed by atoms with van der Waals surface area (Å²) < 4.78 is 0. The van der Waals surface area contributed by atoms with Crippen LogP contribution in [0.4, 0.5) is 0 Å². The van der Waals surface area contributed by atoms with Crippen molar-refractivity contribution in [3.63, 3.8) is 0 Å². The standard InChI is InChI=1S/C15H25N5O/c16-6-1-9-20(10-2-7-17)15(21)13-19-11-4-14(3-8-18)5-12-19/h14H,1-5,8-13,18H2. The summed E-state index contributed by atoms with van der Waals surface area (Å²) in [6.07, 6.45) is 3.89. The minimum absolute atomic E-state index is 0.0257. The number of nitrogens with two attached hydrogens (primary N) is 1. The Bertz CT molecular complexity index is 372. The van der Waals surface area contributed by atoms with Crippen LogP contribution < -0.4 is 5.73 Å². The van der Waals surface area contributed by atoms with Crippen molar-refractivity contribution in [2.45, 2.75) is 32.1 Å². The van der Waals surface area contributed by atoms with Crippen LogP contribution in [0.3, 0.4) is 0 Å². The lowest BCUT2D eigenvalue weighted by Crippen LogP contribution is -2.44. The number of rotatable bonds is 8. The van der Waals surface area contributed by atoms with Gasteiger partial charge in [-0.3, -0.25) is 9.69 Å². The third-order valence-corrected chi connectivity index (χ3v) is 3.98. The summed E-state index contributed by atoms with van der Waals surface area (Å²) in [5, 5.41) is 17.3. The molecule has 1 aliphatic rings. The maximum Gasteiger partial charge on any atom is 0.236 e. The molecule has 0 saturated carbocycles. The molecule has 1 fully saturated rings. The van der Waals surface area contributed by atoms with Crippen LogP contribution >= 0.6 is 0 Å². The van der Waals surface area contributed by atoms with Gasteiger partial charge in [-0.2, -0.15) is 10.5 Å². The van der Waals surface area contributed by atoms with Crippen molar-refractivity contribution in [3.05, 3.63) is 0 Å². The molecular formula is C15H25N5O. The third-order valence-electron chi connectivity index (χ3n) is 3.98. The molecule has 0 atom stereocenters. The number of nitriles is 2. The van der Waals surface area contributed by atoms with Gasteiger partial charge in [0.2, 0.25) is 5.91 Å². The van der Waals surface area contributed by atoms with Gasteiger partial charge in [-0.05, 0) is 44.8 Å². The minimum Gasteiger partial charge on any atom is -0.340 e. The maximum atomic E-state index is 12.3. The summed E-state index contributed by atoms with van der Waals surface area (Å²) in [6, 6.07) is 4.10. The molecule has 0 radical (unpaired) electrons. The van der Waals surface area contributed by atoms with Crippen molar-refractivity contribution in [2.75, 3.05) is 39.3 Å². The number of hydrogen-bond acceptors (Lipinski definition) is 5. The highest BCUT2D eigenvalue weighted by molar-refractivity contribution is 5.78. The van der Waals surface area contributed by atoms with Crippen molar-refractivity contribution >= 4 is 5.91 Å². The molecular weight excluding hydrogens is 266 g/mol. The molecule has 1 aliphatic heterocycles. The van der Waals surface area contributed by atoms with E-state index in [1.54, 1.807) is 4.90 Å². The predicted octanol–water partition coefficient (Wildman–Crippen LogP) is 0.703. The fourth-order valence-electron chi connectivity index (χ4n) is 2.69. The number of piperidine rings is 1. The van der Waals surface area contributed by atoms with Crippen LogP contribution in [0.15, 0.2) is 0 Å². The monoisotopic (exact) mass is 291 g/mol. The van der Waals surface area contributed by atoms with E-state index in [-0.39, 0.29) is 5.91 Å². The largest absolute Gasteiger partial charge is 0.340 e. The number of amides is 1. The first-order valence-corrected chi connectivity index (χ1v) is 7.65. The normalized spacial score (nSPS) is 16.1. The van der Waals surface area contributed by atoms with Crippen molar-refractivity contribution < 1.29 is 4.79 Å². The molecule has 1 saturated heterocycles. The van der Waals surface area contributed by atoms with E-state index < -0.39 is 0 Å². The molecule has 0 aliphatic carbocycles. The van der Waals surface area contributed by atoms with E-state index in [9.17, 15) is 4.79 Å². The molecule has 2 N–H and O–H groups in total. The average Bonchev–Trinajstić information content (AvgIpc) is 2.49. The van der Waals surface area contributed by atoms with E-state index >= 15 is 0 Å². The van der Waals surface area contributed by atoms with E-state index in [2.05, 4.69) is 17.0 Å². The first-order valence-electron chi connectivity index (χ1n) is 7.65. The second-order valence-electron chi connectivity index (χ2n) is 5.49. The highest BCUT2D eigenvalue weighted by Crippen LogP contribution is 2.19. The van der Waals surface area contributed by atoms with Gasteiger partial charge in [0.05, 0.1) is 31.5 Å². The lowest BCUT2D eigenvalue weighted by atomic mass is 9.94. The van der Waals surface area contributed by atoms with Crippen molar-refractivity contribution in [3.8, 4) is 12.1 Å². The van der Waals surface area contributed by atoms with Crippen molar-refractivity contribution in [2.24, 2.45) is 11.7 Å². The van der Waals surface area contributed by atoms with E-state index in [4.69, 9.17) is 16.3 Å². The fraction of sp³-hybridized carbons (Fsp3) is 0.800. The molecule has 116 valence electrons. The molecule has 21 heavy (non-hydrogen) atoms. The molecule has 6 heteroatoms. The SMILES string of the molecule is N#CCCN(CCC#N)C(=O)CN1CCC(CCN)CC1. The lowest BCUT2D eigenvalue weighted by Gasteiger charge is -2.32. The van der Waals surface area contributed by atoms with Crippen LogP contribution in [-0.4, -0.2) is 55.0 Å². The zero-order valence-electron chi connectivity index (χ0n) is 12.6. The van der Waals surface area contributed by atoms with Crippen LogP contribution in [0.2, 0.25) is 0 Å². The molecule has 0 aromatic carbocycles. The Labute approximate surface area is 127 Å². The van der Waals surface area contributed by atoms with Gasteiger partial charge >= 0.3 is 0 Å². The molecule has 0 aromatic rings. The Kier molecular flexibility index (Phi) is 8.42. The zero-order chi connectivity index (χ0) is 15.5. The Balaban J connectivity index is 2.39. The van der Waals surface area contributed by atoms with Crippen LogP contribution in [-0.2, 0) is 4.79 Å². The van der Waals surface area contributed by atoms with Crippen LogP contribution in [0.25, 0.3) is 0 Å². The maximum absolute atomic E-state index is 12.3. The molecule has 1 rings (SSSR count). The number of hydrogen-bond donors (Lipinski definition) is 1. The summed E-state index contributed by atoms with van der Waals surface area (Å²) >= 11 is 0. The molecule has 1 heterocycles. The minimum atomic E-state index is 0.0257. The topological polar surface area (TPSA) is 97.1 Å². The fourth-order valence-corrected chi connectivity index (χ4v) is 2.69. The second kappa shape index (κ2) is 10.1. The number of likely N-dealkylation sites (tertiary alicyclic amines) is 1. The first kappa shape index (κ1) is 17.4. The van der Waals surface area contributed by atoms with E-state index in [0.29, 0.717) is 38.4 Å². The summed E-state index contributed by atoms with van der Waals surface area (Å²) in [6.45, 7) is 3.83. The molecule has 0 unspecified atom stereocenters. The van der Waals surface area contributed by atoms with Gasteiger partial charge in [-0.1, -0.05) is 0 Å². The summed E-state index contributed by atoms with van der Waals surface area (Å²) in [5.74, 6) is 0.715. The van der Waals surface area contributed by atoms with Gasteiger partial charge < -0.3 is 10.6 Å². The van der Waals surface area contributed by atoms with Crippen LogP contribution in [0.1, 0.15) is 32.1 Å². The Morgan fingerprint density at radius 2 is 1.76 bits per heavy atom. The highest BCUT2D eigenvalue weighted by Gasteiger charge is 2.22. The zero-order valence-corrected chi connectivity index (χ0v) is 12.6. The number of carbonyl (C=O) groups is 1. The van der Waals surface area contributed by atoms with Gasteiger partial charge in [-0.15, -0.1) is 0 Å². The van der Waals surface area contributed by atoms with Crippen molar-refractivity contribution in [1.29, 1.82) is 10.5 Å². The molecule has 6 nitrogen and oxygen atoms in total. The van der Waals surface area contributed by atoms with E-state index in [1.165, 1.54) is 0 Å². The van der Waals surface area contributed by atoms with Crippen LogP contribution in [0.5, 0.6) is 0 Å². The van der Waals surface area contributed by atoms with E-state index in [0.717, 1.165) is 38.9 Å². The quantitative estimate of drug-likeness (QED) is 0.710. The summed E-state index contributed by atoms with van der Waals surface area (Å²) in [5.41, 5.74) is 5.58. The van der Waals surface area contributed by atoms with Gasteiger partial charge in [0.1, 0.15) is 0 Å².